The van der Waals surface area contributed by atoms with Gasteiger partial charge in [0.1, 0.15) is 4.90 Å². The Labute approximate surface area is 131 Å². The number of para-hydroxylation sites is 1. The van der Waals surface area contributed by atoms with E-state index in [-0.39, 0.29) is 26.2 Å². The number of anilines is 1. The molecular formula is C13H9Cl2N2O3S-. The molecular weight excluding hydrogens is 335 g/mol. The molecule has 0 saturated heterocycles. The maximum absolute atomic E-state index is 12.3. The maximum Gasteiger partial charge on any atom is 0.263 e. The van der Waals surface area contributed by atoms with Gasteiger partial charge >= 0.3 is 0 Å². The van der Waals surface area contributed by atoms with E-state index in [1.165, 1.54) is 36.4 Å². The second-order valence-corrected chi connectivity index (χ2v) is 6.55. The lowest BCUT2D eigenvalue weighted by molar-refractivity contribution is -0.214. The molecule has 0 fully saturated rings. The molecule has 0 unspecified atom stereocenters. The molecule has 2 N–H and O–H groups in total. The zero-order valence-corrected chi connectivity index (χ0v) is 12.8. The van der Waals surface area contributed by atoms with E-state index in [4.69, 9.17) is 28.6 Å². The summed E-state index contributed by atoms with van der Waals surface area (Å²) in [7, 11) is -4.02. The summed E-state index contributed by atoms with van der Waals surface area (Å²) in [6.45, 7) is 0. The Hall–Kier alpha value is -1.76. The first-order valence-electron chi connectivity index (χ1n) is 5.64. The van der Waals surface area contributed by atoms with Gasteiger partial charge in [-0.25, -0.2) is 8.42 Å². The van der Waals surface area contributed by atoms with Gasteiger partial charge in [0, 0.05) is 10.6 Å². The average Bonchev–Trinajstić information content (AvgIpc) is 2.41. The minimum absolute atomic E-state index is 0.00146. The predicted molar refractivity (Wildman–Crippen MR) is 80.5 cm³/mol. The topological polar surface area (TPSA) is 93.1 Å². The Morgan fingerprint density at radius 2 is 1.81 bits per heavy atom. The van der Waals surface area contributed by atoms with Crippen LogP contribution in [0, 0.1) is 5.41 Å². The van der Waals surface area contributed by atoms with Crippen LogP contribution in [0.2, 0.25) is 10.0 Å². The van der Waals surface area contributed by atoms with Crippen LogP contribution in [0.4, 0.5) is 5.69 Å². The molecule has 0 bridgehead atoms. The van der Waals surface area contributed by atoms with Gasteiger partial charge in [-0.2, -0.15) is 0 Å². The van der Waals surface area contributed by atoms with Crippen LogP contribution in [0.5, 0.6) is 0 Å². The number of hydrogen-bond donors (Lipinski definition) is 2. The van der Waals surface area contributed by atoms with Crippen molar-refractivity contribution in [2.45, 2.75) is 4.90 Å². The van der Waals surface area contributed by atoms with Gasteiger partial charge in [-0.1, -0.05) is 41.4 Å². The van der Waals surface area contributed by atoms with Gasteiger partial charge < -0.3 is 10.5 Å². The first kappa shape index (κ1) is 15.6. The molecule has 2 rings (SSSR count). The third-order valence-electron chi connectivity index (χ3n) is 2.60. The van der Waals surface area contributed by atoms with Crippen LogP contribution in [0.25, 0.3) is 0 Å². The van der Waals surface area contributed by atoms with Crippen molar-refractivity contribution in [3.05, 3.63) is 58.1 Å². The zero-order chi connectivity index (χ0) is 15.6. The van der Waals surface area contributed by atoms with E-state index in [0.29, 0.717) is 0 Å². The lowest BCUT2D eigenvalue weighted by Crippen LogP contribution is -2.21. The lowest BCUT2D eigenvalue weighted by Gasteiger charge is -2.15. The van der Waals surface area contributed by atoms with Gasteiger partial charge in [-0.15, -0.1) is 0 Å². The van der Waals surface area contributed by atoms with Crippen LogP contribution in [0.15, 0.2) is 47.4 Å². The van der Waals surface area contributed by atoms with Gasteiger partial charge in [0.25, 0.3) is 10.0 Å². The first-order valence-corrected chi connectivity index (χ1v) is 7.88. The molecule has 0 spiro atoms. The van der Waals surface area contributed by atoms with Gasteiger partial charge in [0.05, 0.1) is 10.7 Å². The summed E-state index contributed by atoms with van der Waals surface area (Å²) in [5.74, 6) is -0.995. The average molecular weight is 344 g/mol. The van der Waals surface area contributed by atoms with E-state index in [0.717, 1.165) is 0 Å². The number of nitrogens with one attached hydrogen (secondary N) is 2. The number of hydrogen-bond acceptors (Lipinski definition) is 4. The molecule has 0 atom stereocenters. The minimum atomic E-state index is -4.02. The summed E-state index contributed by atoms with van der Waals surface area (Å²) >= 11 is 11.6. The molecule has 0 aromatic heterocycles. The Morgan fingerprint density at radius 1 is 1.14 bits per heavy atom. The van der Waals surface area contributed by atoms with Crippen LogP contribution in [-0.4, -0.2) is 14.3 Å². The molecule has 110 valence electrons. The predicted octanol–water partition coefficient (Wildman–Crippen LogP) is 2.48. The normalized spacial score (nSPS) is 11.1. The fraction of sp³-hybridized carbons (Fsp3) is 0. The van der Waals surface area contributed by atoms with E-state index in [9.17, 15) is 13.5 Å². The van der Waals surface area contributed by atoms with E-state index in [2.05, 4.69) is 4.72 Å². The van der Waals surface area contributed by atoms with E-state index in [1.54, 1.807) is 6.07 Å². The molecule has 2 aromatic rings. The van der Waals surface area contributed by atoms with E-state index < -0.39 is 15.9 Å². The van der Waals surface area contributed by atoms with Crippen molar-refractivity contribution in [1.82, 2.24) is 0 Å². The van der Waals surface area contributed by atoms with Crippen LogP contribution in [-0.2, 0) is 10.0 Å². The number of sulfonamides is 1. The van der Waals surface area contributed by atoms with Crippen LogP contribution in [0.3, 0.4) is 0 Å². The summed E-state index contributed by atoms with van der Waals surface area (Å²) in [4.78, 5) is -0.205. The summed E-state index contributed by atoms with van der Waals surface area (Å²) in [6.07, 6.45) is 0. The molecule has 0 amide bonds. The molecule has 0 aliphatic rings. The molecule has 0 saturated carbocycles. The van der Waals surface area contributed by atoms with Crippen molar-refractivity contribution in [3.63, 3.8) is 0 Å². The zero-order valence-electron chi connectivity index (χ0n) is 10.4. The summed E-state index contributed by atoms with van der Waals surface area (Å²) in [6, 6.07) is 9.85. The molecule has 0 aliphatic heterocycles. The summed E-state index contributed by atoms with van der Waals surface area (Å²) in [5.41, 5.74) is -0.0484. The Bertz CT molecular complexity index is 807. The van der Waals surface area contributed by atoms with Crippen molar-refractivity contribution < 1.29 is 13.5 Å². The van der Waals surface area contributed by atoms with Gasteiger partial charge in [-0.05, 0) is 30.2 Å². The molecule has 0 aliphatic carbocycles. The molecule has 5 nitrogen and oxygen atoms in total. The van der Waals surface area contributed by atoms with Crippen LogP contribution >= 0.6 is 23.2 Å². The maximum atomic E-state index is 12.3. The lowest BCUT2D eigenvalue weighted by atomic mass is 10.2. The standard InChI is InChI=1S/C13H10Cl2N2O3S/c14-8-5-6-10(15)12(7-8)21(19,20)17-11-4-2-1-3-9(11)13(16)18/h1-7,17H,(H2,16,18)/p-1. The second-order valence-electron chi connectivity index (χ2n) is 4.05. The Balaban J connectivity index is 2.48. The number of rotatable bonds is 4. The Kier molecular flexibility index (Phi) is 4.41. The van der Waals surface area contributed by atoms with Gasteiger partial charge in [0.15, 0.2) is 0 Å². The van der Waals surface area contributed by atoms with Crippen molar-refractivity contribution in [2.24, 2.45) is 0 Å². The highest BCUT2D eigenvalue weighted by atomic mass is 35.5. The summed E-state index contributed by atoms with van der Waals surface area (Å²) in [5, 5.41) is 18.5. The largest absolute Gasteiger partial charge is 0.859 e. The minimum Gasteiger partial charge on any atom is -0.859 e. The van der Waals surface area contributed by atoms with Crippen molar-refractivity contribution in [2.75, 3.05) is 4.72 Å². The molecule has 8 heteroatoms. The quantitative estimate of drug-likeness (QED) is 0.659. The van der Waals surface area contributed by atoms with E-state index in [1.807, 2.05) is 0 Å². The van der Waals surface area contributed by atoms with Gasteiger partial charge in [-0.3, -0.25) is 4.72 Å². The van der Waals surface area contributed by atoms with Crippen molar-refractivity contribution in [1.29, 1.82) is 5.41 Å². The fourth-order valence-electron chi connectivity index (χ4n) is 1.65. The van der Waals surface area contributed by atoms with Crippen molar-refractivity contribution in [3.8, 4) is 0 Å². The molecule has 0 heterocycles. The van der Waals surface area contributed by atoms with E-state index >= 15 is 0 Å². The third-order valence-corrected chi connectivity index (χ3v) is 4.68. The Morgan fingerprint density at radius 3 is 2.48 bits per heavy atom. The fourth-order valence-corrected chi connectivity index (χ4v) is 3.50. The van der Waals surface area contributed by atoms with Crippen LogP contribution < -0.4 is 9.83 Å². The smallest absolute Gasteiger partial charge is 0.263 e. The van der Waals surface area contributed by atoms with Gasteiger partial charge in [0.2, 0.25) is 0 Å². The summed E-state index contributed by atoms with van der Waals surface area (Å²) < 4.78 is 26.9. The molecule has 0 radical (unpaired) electrons. The monoisotopic (exact) mass is 343 g/mol. The number of halogens is 2. The number of benzene rings is 2. The highest BCUT2D eigenvalue weighted by molar-refractivity contribution is 7.92. The SMILES string of the molecule is N=C([O-])c1ccccc1NS(=O)(=O)c1cc(Cl)ccc1Cl. The highest BCUT2D eigenvalue weighted by Gasteiger charge is 2.19. The molecule has 21 heavy (non-hydrogen) atoms. The molecule has 2 aromatic carbocycles. The highest BCUT2D eigenvalue weighted by Crippen LogP contribution is 2.27. The second kappa shape index (κ2) is 5.93. The first-order chi connectivity index (χ1) is 9.81. The van der Waals surface area contributed by atoms with Crippen molar-refractivity contribution >= 4 is 44.8 Å². The van der Waals surface area contributed by atoms with Crippen LogP contribution in [0.1, 0.15) is 5.56 Å². The third kappa shape index (κ3) is 3.47.